The van der Waals surface area contributed by atoms with E-state index in [0.717, 1.165) is 0 Å². The number of nitrogens with zero attached hydrogens (tertiary/aromatic N) is 1. The van der Waals surface area contributed by atoms with Crippen molar-refractivity contribution in [3.63, 3.8) is 0 Å². The lowest BCUT2D eigenvalue weighted by Gasteiger charge is -2.25. The molecule has 0 aliphatic heterocycles. The standard InChI is InChI=1S/C17H18ClNO3S/c1-3-13-19(16-7-5-6-8-17(16)22-4-2)23(20,21)15-11-9-14(18)10-12-15/h3,5-12H,1,4,13H2,2H3. The van der Waals surface area contributed by atoms with Crippen molar-refractivity contribution in [3.05, 3.63) is 66.2 Å². The molecule has 0 spiro atoms. The summed E-state index contributed by atoms with van der Waals surface area (Å²) in [5, 5.41) is 0.480. The van der Waals surface area contributed by atoms with E-state index >= 15 is 0 Å². The summed E-state index contributed by atoms with van der Waals surface area (Å²) in [6.07, 6.45) is 1.54. The van der Waals surface area contributed by atoms with Crippen molar-refractivity contribution in [2.24, 2.45) is 0 Å². The second-order valence-corrected chi connectivity index (χ2v) is 6.98. The van der Waals surface area contributed by atoms with Crippen LogP contribution in [-0.2, 0) is 10.0 Å². The fraction of sp³-hybridized carbons (Fsp3) is 0.176. The number of para-hydroxylation sites is 2. The van der Waals surface area contributed by atoms with Gasteiger partial charge in [0.1, 0.15) is 5.75 Å². The fourth-order valence-electron chi connectivity index (χ4n) is 2.12. The first kappa shape index (κ1) is 17.4. The molecule has 0 N–H and O–H groups in total. The van der Waals surface area contributed by atoms with Crippen LogP contribution in [0.15, 0.2) is 66.1 Å². The molecule has 0 fully saturated rings. The summed E-state index contributed by atoms with van der Waals surface area (Å²) in [4.78, 5) is 0.162. The van der Waals surface area contributed by atoms with Gasteiger partial charge < -0.3 is 4.74 Å². The molecule has 0 aliphatic carbocycles. The van der Waals surface area contributed by atoms with Gasteiger partial charge in [-0.15, -0.1) is 6.58 Å². The zero-order chi connectivity index (χ0) is 16.9. The Morgan fingerprint density at radius 2 is 1.83 bits per heavy atom. The van der Waals surface area contributed by atoms with Crippen molar-refractivity contribution in [1.82, 2.24) is 0 Å². The predicted molar refractivity (Wildman–Crippen MR) is 93.8 cm³/mol. The van der Waals surface area contributed by atoms with Crippen molar-refractivity contribution in [2.75, 3.05) is 17.5 Å². The summed E-state index contributed by atoms with van der Waals surface area (Å²) in [6.45, 7) is 6.08. The molecule has 0 amide bonds. The maximum Gasteiger partial charge on any atom is 0.264 e. The minimum atomic E-state index is -3.75. The van der Waals surface area contributed by atoms with Gasteiger partial charge in [0, 0.05) is 5.02 Å². The van der Waals surface area contributed by atoms with Gasteiger partial charge in [0.05, 0.1) is 23.7 Å². The summed E-state index contributed by atoms with van der Waals surface area (Å²) in [5.74, 6) is 0.509. The zero-order valence-corrected chi connectivity index (χ0v) is 14.3. The Kier molecular flexibility index (Phi) is 5.69. The van der Waals surface area contributed by atoms with Crippen LogP contribution in [0, 0.1) is 0 Å². The van der Waals surface area contributed by atoms with Gasteiger partial charge in [-0.1, -0.05) is 29.8 Å². The Morgan fingerprint density at radius 3 is 2.43 bits per heavy atom. The van der Waals surface area contributed by atoms with E-state index < -0.39 is 10.0 Å². The Labute approximate surface area is 142 Å². The van der Waals surface area contributed by atoms with E-state index in [-0.39, 0.29) is 11.4 Å². The summed E-state index contributed by atoms with van der Waals surface area (Å²) in [5.41, 5.74) is 0.476. The van der Waals surface area contributed by atoms with Crippen molar-refractivity contribution in [3.8, 4) is 5.75 Å². The molecule has 122 valence electrons. The van der Waals surface area contributed by atoms with Crippen LogP contribution < -0.4 is 9.04 Å². The third-order valence-electron chi connectivity index (χ3n) is 3.13. The number of rotatable bonds is 7. The van der Waals surface area contributed by atoms with Crippen LogP contribution >= 0.6 is 11.6 Å². The molecule has 0 saturated heterocycles. The Hall–Kier alpha value is -1.98. The number of hydrogen-bond donors (Lipinski definition) is 0. The van der Waals surface area contributed by atoms with Crippen LogP contribution in [0.25, 0.3) is 0 Å². The molecule has 0 saturated carbocycles. The third kappa shape index (κ3) is 3.86. The van der Waals surface area contributed by atoms with Crippen LogP contribution in [0.5, 0.6) is 5.75 Å². The average molecular weight is 352 g/mol. The summed E-state index contributed by atoms with van der Waals surface area (Å²) >= 11 is 5.84. The first-order valence-electron chi connectivity index (χ1n) is 7.11. The first-order chi connectivity index (χ1) is 11.0. The molecule has 0 aliphatic rings. The van der Waals surface area contributed by atoms with E-state index in [2.05, 4.69) is 6.58 Å². The maximum absolute atomic E-state index is 13.0. The van der Waals surface area contributed by atoms with Crippen LogP contribution in [0.1, 0.15) is 6.92 Å². The predicted octanol–water partition coefficient (Wildman–Crippen LogP) is 4.12. The zero-order valence-electron chi connectivity index (χ0n) is 12.8. The monoisotopic (exact) mass is 351 g/mol. The third-order valence-corrected chi connectivity index (χ3v) is 5.18. The molecule has 2 aromatic carbocycles. The van der Waals surface area contributed by atoms with Crippen molar-refractivity contribution < 1.29 is 13.2 Å². The fourth-order valence-corrected chi connectivity index (χ4v) is 3.69. The average Bonchev–Trinajstić information content (AvgIpc) is 2.54. The van der Waals surface area contributed by atoms with Gasteiger partial charge >= 0.3 is 0 Å². The van der Waals surface area contributed by atoms with E-state index in [0.29, 0.717) is 23.1 Å². The van der Waals surface area contributed by atoms with Crippen LogP contribution in [0.4, 0.5) is 5.69 Å². The molecule has 0 heterocycles. The highest BCUT2D eigenvalue weighted by molar-refractivity contribution is 7.92. The van der Waals surface area contributed by atoms with E-state index in [1.54, 1.807) is 36.4 Å². The highest BCUT2D eigenvalue weighted by Gasteiger charge is 2.26. The second kappa shape index (κ2) is 7.53. The Bertz CT molecular complexity index is 773. The molecule has 0 bridgehead atoms. The van der Waals surface area contributed by atoms with Crippen LogP contribution in [0.3, 0.4) is 0 Å². The van der Waals surface area contributed by atoms with Crippen molar-refractivity contribution in [2.45, 2.75) is 11.8 Å². The van der Waals surface area contributed by atoms with E-state index in [4.69, 9.17) is 16.3 Å². The van der Waals surface area contributed by atoms with E-state index in [1.165, 1.54) is 22.5 Å². The number of hydrogen-bond acceptors (Lipinski definition) is 3. The Balaban J connectivity index is 2.53. The molecule has 2 aromatic rings. The molecule has 23 heavy (non-hydrogen) atoms. The van der Waals surface area contributed by atoms with Gasteiger partial charge in [-0.2, -0.15) is 0 Å². The lowest BCUT2D eigenvalue weighted by molar-refractivity contribution is 0.341. The van der Waals surface area contributed by atoms with Gasteiger partial charge in [0.25, 0.3) is 10.0 Å². The van der Waals surface area contributed by atoms with Gasteiger partial charge in [0.15, 0.2) is 0 Å². The minimum Gasteiger partial charge on any atom is -0.492 e. The first-order valence-corrected chi connectivity index (χ1v) is 8.93. The molecule has 0 atom stereocenters. The summed E-state index contributed by atoms with van der Waals surface area (Å²) in [7, 11) is -3.75. The Morgan fingerprint density at radius 1 is 1.17 bits per heavy atom. The maximum atomic E-state index is 13.0. The largest absolute Gasteiger partial charge is 0.492 e. The van der Waals surface area contributed by atoms with Gasteiger partial charge in [-0.25, -0.2) is 8.42 Å². The topological polar surface area (TPSA) is 46.6 Å². The van der Waals surface area contributed by atoms with E-state index in [1.807, 2.05) is 6.92 Å². The van der Waals surface area contributed by atoms with Gasteiger partial charge in [-0.05, 0) is 43.3 Å². The number of halogens is 1. The van der Waals surface area contributed by atoms with Crippen LogP contribution in [0.2, 0.25) is 5.02 Å². The van der Waals surface area contributed by atoms with Gasteiger partial charge in [-0.3, -0.25) is 4.31 Å². The molecule has 0 unspecified atom stereocenters. The number of ether oxygens (including phenoxy) is 1. The molecule has 0 radical (unpaired) electrons. The molecular weight excluding hydrogens is 334 g/mol. The van der Waals surface area contributed by atoms with Gasteiger partial charge in [0.2, 0.25) is 0 Å². The number of anilines is 1. The normalized spacial score (nSPS) is 11.0. The lowest BCUT2D eigenvalue weighted by atomic mass is 10.3. The van der Waals surface area contributed by atoms with Crippen LogP contribution in [-0.4, -0.2) is 21.6 Å². The van der Waals surface area contributed by atoms with Crippen molar-refractivity contribution >= 4 is 27.3 Å². The molecule has 4 nitrogen and oxygen atoms in total. The van der Waals surface area contributed by atoms with E-state index in [9.17, 15) is 8.42 Å². The highest BCUT2D eigenvalue weighted by Crippen LogP contribution is 2.32. The lowest BCUT2D eigenvalue weighted by Crippen LogP contribution is -2.31. The molecular formula is C17H18ClNO3S. The summed E-state index contributed by atoms with van der Waals surface area (Å²) < 4.78 is 32.8. The SMILES string of the molecule is C=CCN(c1ccccc1OCC)S(=O)(=O)c1ccc(Cl)cc1. The second-order valence-electron chi connectivity index (χ2n) is 4.68. The minimum absolute atomic E-state index is 0.134. The number of benzene rings is 2. The molecule has 0 aromatic heterocycles. The van der Waals surface area contributed by atoms with Crippen molar-refractivity contribution in [1.29, 1.82) is 0 Å². The number of sulfonamides is 1. The molecule has 2 rings (SSSR count). The highest BCUT2D eigenvalue weighted by atomic mass is 35.5. The quantitative estimate of drug-likeness (QED) is 0.705. The smallest absolute Gasteiger partial charge is 0.264 e. The summed E-state index contributed by atoms with van der Waals surface area (Å²) in [6, 6.07) is 13.1. The molecule has 6 heteroatoms.